The Hall–Kier alpha value is 0.370. The van der Waals surface area contributed by atoms with E-state index in [0.29, 0.717) is 0 Å². The van der Waals surface area contributed by atoms with E-state index in [4.69, 9.17) is 11.8 Å². The fourth-order valence-electron chi connectivity index (χ4n) is 3.83. The third kappa shape index (κ3) is 11.5. The van der Waals surface area contributed by atoms with E-state index in [0.717, 1.165) is 0 Å². The third-order valence-electron chi connectivity index (χ3n) is 5.62. The molecule has 0 radical (unpaired) electrons. The summed E-state index contributed by atoms with van der Waals surface area (Å²) >= 11 is 9.82. The molecule has 2 rings (SSSR count). The average Bonchev–Trinajstić information content (AvgIpc) is 3.06. The summed E-state index contributed by atoms with van der Waals surface area (Å²) in [6, 6.07) is 8.55. The van der Waals surface area contributed by atoms with E-state index < -0.39 is 4.59 Å². The third-order valence-corrected chi connectivity index (χ3v) is 14.7. The number of anilines is 1. The Morgan fingerprint density at radius 1 is 0.759 bits per heavy atom. The van der Waals surface area contributed by atoms with Crippen molar-refractivity contribution in [3.05, 3.63) is 24.3 Å². The van der Waals surface area contributed by atoms with Crippen LogP contribution >= 0.6 is 27.4 Å². The van der Waals surface area contributed by atoms with Gasteiger partial charge in [0.05, 0.1) is 5.69 Å². The Morgan fingerprint density at radius 3 is 1.76 bits per heavy atom. The van der Waals surface area contributed by atoms with E-state index in [1.165, 1.54) is 119 Å². The molecule has 0 amide bonds. The smallest absolute Gasteiger partial charge is 0.145 e. The highest BCUT2D eigenvalue weighted by Crippen LogP contribution is 2.76. The molecule has 1 aromatic rings. The van der Waals surface area contributed by atoms with Crippen molar-refractivity contribution in [2.75, 3.05) is 10.8 Å². The molecule has 1 heterocycles. The molecule has 1 aromatic carbocycles. The van der Waals surface area contributed by atoms with Gasteiger partial charge in [-0.1, -0.05) is 150 Å². The molecule has 29 heavy (non-hydrogen) atoms. The molecule has 166 valence electrons. The molecule has 0 saturated carbocycles. The van der Waals surface area contributed by atoms with E-state index >= 15 is 0 Å². The Kier molecular flexibility index (Phi) is 14.2. The molecular weight excluding hydrogens is 429 g/mol. The van der Waals surface area contributed by atoms with Crippen molar-refractivity contribution in [3.8, 4) is 0 Å². The number of hydrogen-bond acceptors (Lipinski definition) is 3. The zero-order valence-electron chi connectivity index (χ0n) is 18.5. The van der Waals surface area contributed by atoms with Crippen LogP contribution in [0, 0.1) is 0 Å². The van der Waals surface area contributed by atoms with Crippen molar-refractivity contribution in [2.45, 2.75) is 115 Å². The standard InChI is InChI=1S/C24H42NPS3/c1-2-3-4-5-6-7-8-9-10-11-12-13-14-15-16-19-22-28-26(27)25-23-20-17-18-21-24(23)29-26/h17-18,20-21H,2-16,19,22H2,1H3,(H,25,27). The van der Waals surface area contributed by atoms with Crippen LogP contribution in [0.4, 0.5) is 5.69 Å². The molecule has 1 aliphatic heterocycles. The summed E-state index contributed by atoms with van der Waals surface area (Å²) in [4.78, 5) is 1.34. The summed E-state index contributed by atoms with van der Waals surface area (Å²) in [6.45, 7) is 2.30. The highest BCUT2D eigenvalue weighted by molar-refractivity contribution is 9.01. The number of rotatable bonds is 18. The van der Waals surface area contributed by atoms with Gasteiger partial charge in [0.2, 0.25) is 0 Å². The van der Waals surface area contributed by atoms with Crippen LogP contribution in [0.5, 0.6) is 0 Å². The van der Waals surface area contributed by atoms with Crippen molar-refractivity contribution < 1.29 is 0 Å². The monoisotopic (exact) mass is 471 g/mol. The number of unbranched alkanes of at least 4 members (excludes halogenated alkanes) is 15. The maximum absolute atomic E-state index is 5.91. The molecule has 1 N–H and O–H groups in total. The Labute approximate surface area is 193 Å². The number of fused-ring (bicyclic) bond motifs is 1. The van der Waals surface area contributed by atoms with Crippen LogP contribution in [-0.4, -0.2) is 5.75 Å². The predicted octanol–water partition coefficient (Wildman–Crippen LogP) is 10.4. The van der Waals surface area contributed by atoms with Crippen molar-refractivity contribution in [3.63, 3.8) is 0 Å². The van der Waals surface area contributed by atoms with Crippen LogP contribution < -0.4 is 5.09 Å². The van der Waals surface area contributed by atoms with E-state index in [-0.39, 0.29) is 0 Å². The van der Waals surface area contributed by atoms with Gasteiger partial charge in [0.1, 0.15) is 4.59 Å². The van der Waals surface area contributed by atoms with Gasteiger partial charge in [-0.25, -0.2) is 0 Å². The summed E-state index contributed by atoms with van der Waals surface area (Å²) in [5.74, 6) is 1.21. The lowest BCUT2D eigenvalue weighted by atomic mass is 10.0. The second kappa shape index (κ2) is 16.1. The summed E-state index contributed by atoms with van der Waals surface area (Å²) in [6.07, 6.45) is 22.9. The van der Waals surface area contributed by atoms with Gasteiger partial charge in [0.15, 0.2) is 0 Å². The minimum atomic E-state index is -1.53. The van der Waals surface area contributed by atoms with E-state index in [1.54, 1.807) is 0 Å². The molecule has 1 aliphatic rings. The molecule has 1 atom stereocenters. The Bertz CT molecular complexity index is 564. The first kappa shape index (κ1) is 25.6. The van der Waals surface area contributed by atoms with Crippen LogP contribution in [0.2, 0.25) is 0 Å². The molecule has 1 nitrogen and oxygen atoms in total. The number of para-hydroxylation sites is 1. The van der Waals surface area contributed by atoms with Gasteiger partial charge in [0.25, 0.3) is 0 Å². The van der Waals surface area contributed by atoms with Crippen LogP contribution in [0.25, 0.3) is 0 Å². The minimum Gasteiger partial charge on any atom is -0.341 e. The van der Waals surface area contributed by atoms with Gasteiger partial charge in [0, 0.05) is 10.6 Å². The lowest BCUT2D eigenvalue weighted by molar-refractivity contribution is 0.532. The van der Waals surface area contributed by atoms with Crippen molar-refractivity contribution in [1.29, 1.82) is 0 Å². The zero-order chi connectivity index (χ0) is 20.6. The zero-order valence-corrected chi connectivity index (χ0v) is 21.8. The van der Waals surface area contributed by atoms with E-state index in [2.05, 4.69) is 36.3 Å². The maximum atomic E-state index is 5.91. The van der Waals surface area contributed by atoms with Gasteiger partial charge in [-0.05, 0) is 18.6 Å². The molecule has 0 fully saturated rings. The molecule has 0 aromatic heterocycles. The maximum Gasteiger partial charge on any atom is 0.145 e. The molecule has 1 unspecified atom stereocenters. The topological polar surface area (TPSA) is 12.0 Å². The second-order valence-corrected chi connectivity index (χ2v) is 19.2. The molecule has 0 spiro atoms. The Balaban J connectivity index is 1.31. The SMILES string of the molecule is CCCCCCCCCCCCCCCCCCSP1(=S)Nc2ccccc2S1. The van der Waals surface area contributed by atoms with Crippen molar-refractivity contribution in [1.82, 2.24) is 0 Å². The van der Waals surface area contributed by atoms with E-state index in [9.17, 15) is 0 Å². The minimum absolute atomic E-state index is 1.21. The number of nitrogens with one attached hydrogen (secondary N) is 1. The summed E-state index contributed by atoms with van der Waals surface area (Å²) in [5, 5.41) is 3.62. The number of benzene rings is 1. The van der Waals surface area contributed by atoms with Crippen LogP contribution in [0.1, 0.15) is 110 Å². The van der Waals surface area contributed by atoms with Gasteiger partial charge < -0.3 is 5.09 Å². The largest absolute Gasteiger partial charge is 0.341 e. The van der Waals surface area contributed by atoms with Gasteiger partial charge >= 0.3 is 0 Å². The lowest BCUT2D eigenvalue weighted by Gasteiger charge is -2.14. The molecule has 0 saturated heterocycles. The highest BCUT2D eigenvalue weighted by atomic mass is 33.2. The quantitative estimate of drug-likeness (QED) is 0.169. The Morgan fingerprint density at radius 2 is 1.24 bits per heavy atom. The molecule has 0 aliphatic carbocycles. The normalized spacial score (nSPS) is 18.0. The summed E-state index contributed by atoms with van der Waals surface area (Å²) in [7, 11) is 0. The second-order valence-electron chi connectivity index (χ2n) is 8.33. The first-order chi connectivity index (χ1) is 14.2. The fraction of sp³-hybridized carbons (Fsp3) is 0.750. The van der Waals surface area contributed by atoms with Gasteiger partial charge in [-0.3, -0.25) is 0 Å². The molecule has 5 heteroatoms. The molecular formula is C24H42NPS3. The van der Waals surface area contributed by atoms with Gasteiger partial charge in [-0.15, -0.1) is 0 Å². The first-order valence-corrected chi connectivity index (χ1v) is 17.9. The first-order valence-electron chi connectivity index (χ1n) is 12.0. The van der Waals surface area contributed by atoms with Crippen molar-refractivity contribution >= 4 is 44.8 Å². The van der Waals surface area contributed by atoms with Crippen LogP contribution in [0.15, 0.2) is 29.2 Å². The lowest BCUT2D eigenvalue weighted by Crippen LogP contribution is -1.87. The summed E-state index contributed by atoms with van der Waals surface area (Å²) < 4.78 is -1.53. The van der Waals surface area contributed by atoms with Crippen molar-refractivity contribution in [2.24, 2.45) is 0 Å². The van der Waals surface area contributed by atoms with Gasteiger partial charge in [-0.2, -0.15) is 0 Å². The summed E-state index contributed by atoms with van der Waals surface area (Å²) in [5.41, 5.74) is 1.25. The predicted molar refractivity (Wildman–Crippen MR) is 142 cm³/mol. The fourth-order valence-corrected chi connectivity index (χ4v) is 12.7. The van der Waals surface area contributed by atoms with Crippen LogP contribution in [-0.2, 0) is 11.8 Å². The average molecular weight is 472 g/mol. The highest BCUT2D eigenvalue weighted by Gasteiger charge is 2.27. The van der Waals surface area contributed by atoms with E-state index in [1.807, 2.05) is 22.8 Å². The molecule has 0 bridgehead atoms. The van der Waals surface area contributed by atoms with Crippen LogP contribution in [0.3, 0.4) is 0 Å². The number of hydrogen-bond donors (Lipinski definition) is 1.